The van der Waals surface area contributed by atoms with E-state index >= 15 is 0 Å². The lowest BCUT2D eigenvalue weighted by molar-refractivity contribution is -0.339. The van der Waals surface area contributed by atoms with Crippen molar-refractivity contribution >= 4 is 0 Å². The van der Waals surface area contributed by atoms with Crippen LogP contribution in [0.2, 0.25) is 0 Å². The summed E-state index contributed by atoms with van der Waals surface area (Å²) in [4.78, 5) is 0. The summed E-state index contributed by atoms with van der Waals surface area (Å²) in [5.41, 5.74) is -1.02. The lowest BCUT2D eigenvalue weighted by Crippen LogP contribution is -2.63. The van der Waals surface area contributed by atoms with Crippen LogP contribution in [0.25, 0.3) is 0 Å². The van der Waals surface area contributed by atoms with Crippen molar-refractivity contribution in [1.82, 2.24) is 0 Å². The number of hydrogen-bond donors (Lipinski definition) is 5. The standard InChI is InChI=1S/C60H86O18/c1-29-22-42-44(25-48-54(75-42)31(3)52(64)58-55(76-48)30(2)32(4)60(78-58)20-9-21-66-60)72-46-27-51-59(5,77-47(46)23-29)50(63)26-45-36(73-51)12-7-6-11-35-37(70-45)16-17-39-38(68-35)18-19-40-43(69-39)24-49-57(74-40)53(65)56-41(71-49)13-8-10-34(67-56)15-14-33(62)28-61/h6-8,10,14-19,29-58,61-65H,9,11-13,20-28H2,1-5H3/b7-6-,15-14+/t29-,30+,31+,32+,33?,34-,35-,36+,37+,38+,39-,40-,41+,42+,43+,44-,45-,46+,47-,48+,49-,50-,51-,52+,53-,54-,55-,56+,57-,58+,59+,60-/m1/s1. The Morgan fingerprint density at radius 2 is 1.15 bits per heavy atom. The molecule has 18 heteroatoms. The minimum atomic E-state index is -1.02. The van der Waals surface area contributed by atoms with E-state index in [0.29, 0.717) is 51.6 Å². The van der Waals surface area contributed by atoms with Crippen molar-refractivity contribution < 1.29 is 87.1 Å². The average molecular weight is 1100 g/mol. The molecule has 78 heavy (non-hydrogen) atoms. The van der Waals surface area contributed by atoms with Crippen molar-refractivity contribution in [3.63, 3.8) is 0 Å². The van der Waals surface area contributed by atoms with E-state index < -0.39 is 116 Å². The normalized spacial score (nSPS) is 56.5. The molecule has 13 aliphatic heterocycles. The Morgan fingerprint density at radius 1 is 0.526 bits per heavy atom. The molecule has 0 aromatic carbocycles. The van der Waals surface area contributed by atoms with Gasteiger partial charge in [-0.25, -0.2) is 0 Å². The fourth-order valence-corrected chi connectivity index (χ4v) is 15.9. The third kappa shape index (κ3) is 10.2. The molecule has 13 aliphatic rings. The van der Waals surface area contributed by atoms with E-state index in [-0.39, 0.29) is 84.7 Å². The minimum absolute atomic E-state index is 0.0912. The quantitative estimate of drug-likeness (QED) is 0.252. The SMILES string of the molecule is C[C@@H]1C[C@@H]2O[C@@H]3[C@@H](C)[C@H](O)[C@@H]4O[C@]5(CCCO5)[C@@H](C)[C@H](C)[C@H]4O[C@H]3C[C@H]2O[C@H]2C[C@H]3O[C@H]4C/C=C\C[C@H]5O[C@H]6C=C[C@H]7O[C@H]8[C@H](O)[C@H]9O[C@@H](/C=C/C(O)CO)C=CC[C@@H]9O[C@@H]8C[C@@H]7O[C@@H]6C=C[C@@H]5O[C@@H]4C[C@@H](O)[C@]3(C)O[C@@H]2C1. The van der Waals surface area contributed by atoms with Crippen LogP contribution in [0, 0.1) is 23.7 Å². The molecule has 32 atom stereocenters. The van der Waals surface area contributed by atoms with Crippen LogP contribution in [0.3, 0.4) is 0 Å². The van der Waals surface area contributed by atoms with Gasteiger partial charge in [0.25, 0.3) is 0 Å². The predicted molar refractivity (Wildman–Crippen MR) is 278 cm³/mol. The molecule has 1 spiro atoms. The summed E-state index contributed by atoms with van der Waals surface area (Å²) in [5, 5.41) is 55.4. The molecule has 0 aliphatic carbocycles. The zero-order valence-electron chi connectivity index (χ0n) is 45.8. The second-order valence-electron chi connectivity index (χ2n) is 25.6. The molecule has 0 saturated carbocycles. The first-order chi connectivity index (χ1) is 37.6. The molecule has 0 aromatic heterocycles. The molecule has 18 nitrogen and oxygen atoms in total. The number of aliphatic hydroxyl groups is 5. The van der Waals surface area contributed by atoms with Gasteiger partial charge in [0, 0.05) is 43.9 Å². The van der Waals surface area contributed by atoms with Crippen LogP contribution in [-0.4, -0.2) is 209 Å². The molecule has 13 rings (SSSR count). The molecule has 0 aromatic rings. The third-order valence-corrected chi connectivity index (χ3v) is 20.6. The van der Waals surface area contributed by atoms with Gasteiger partial charge in [-0.05, 0) is 57.3 Å². The van der Waals surface area contributed by atoms with Crippen LogP contribution < -0.4 is 0 Å². The van der Waals surface area contributed by atoms with Crippen molar-refractivity contribution in [2.24, 2.45) is 23.7 Å². The van der Waals surface area contributed by atoms with E-state index in [1.54, 1.807) is 6.08 Å². The van der Waals surface area contributed by atoms with Crippen LogP contribution in [0.4, 0.5) is 0 Å². The second kappa shape index (κ2) is 22.2. The summed E-state index contributed by atoms with van der Waals surface area (Å²) < 4.78 is 89.3. The van der Waals surface area contributed by atoms with Crippen molar-refractivity contribution in [1.29, 1.82) is 0 Å². The van der Waals surface area contributed by atoms with Crippen molar-refractivity contribution in [3.05, 3.63) is 60.8 Å². The molecule has 0 radical (unpaired) electrons. The van der Waals surface area contributed by atoms with E-state index in [4.69, 9.17) is 61.6 Å². The second-order valence-corrected chi connectivity index (χ2v) is 25.6. The summed E-state index contributed by atoms with van der Waals surface area (Å²) in [5.74, 6) is -0.520. The molecular formula is C60H86O18. The predicted octanol–water partition coefficient (Wildman–Crippen LogP) is 4.00. The van der Waals surface area contributed by atoms with Gasteiger partial charge < -0.3 is 87.1 Å². The highest BCUT2D eigenvalue weighted by Gasteiger charge is 2.62. The minimum Gasteiger partial charge on any atom is -0.393 e. The Labute approximate surface area is 458 Å². The van der Waals surface area contributed by atoms with Gasteiger partial charge in [-0.15, -0.1) is 0 Å². The maximum Gasteiger partial charge on any atom is 0.171 e. The maximum atomic E-state index is 12.4. The van der Waals surface area contributed by atoms with Gasteiger partial charge >= 0.3 is 0 Å². The fraction of sp³-hybridized carbons (Fsp3) is 0.833. The van der Waals surface area contributed by atoms with Crippen LogP contribution in [0.1, 0.15) is 105 Å². The summed E-state index contributed by atoms with van der Waals surface area (Å²) in [7, 11) is 0. The molecule has 9 fully saturated rings. The molecule has 0 amide bonds. The third-order valence-electron chi connectivity index (χ3n) is 20.6. The molecule has 434 valence electrons. The highest BCUT2D eigenvalue weighted by Crippen LogP contribution is 2.52. The van der Waals surface area contributed by atoms with Crippen LogP contribution >= 0.6 is 0 Å². The van der Waals surface area contributed by atoms with E-state index in [1.165, 1.54) is 6.08 Å². The van der Waals surface area contributed by atoms with Crippen LogP contribution in [0.15, 0.2) is 60.8 Å². The Hall–Kier alpha value is -2.02. The molecule has 13 heterocycles. The fourth-order valence-electron chi connectivity index (χ4n) is 15.9. The van der Waals surface area contributed by atoms with Gasteiger partial charge in [-0.1, -0.05) is 88.5 Å². The smallest absolute Gasteiger partial charge is 0.171 e. The van der Waals surface area contributed by atoms with Crippen LogP contribution in [-0.2, 0) is 61.6 Å². The van der Waals surface area contributed by atoms with E-state index in [2.05, 4.69) is 39.8 Å². The molecular weight excluding hydrogens is 1010 g/mol. The molecule has 0 bridgehead atoms. The number of aliphatic hydroxyl groups excluding tert-OH is 5. The molecule has 5 N–H and O–H groups in total. The molecule has 1 unspecified atom stereocenters. The van der Waals surface area contributed by atoms with Crippen molar-refractivity contribution in [2.45, 2.75) is 275 Å². The number of ether oxygens (including phenoxy) is 13. The lowest BCUT2D eigenvalue weighted by Gasteiger charge is -2.53. The Balaban J connectivity index is 0.678. The number of rotatable bonds is 3. The van der Waals surface area contributed by atoms with E-state index in [0.717, 1.165) is 25.7 Å². The van der Waals surface area contributed by atoms with Crippen molar-refractivity contribution in [3.8, 4) is 0 Å². The van der Waals surface area contributed by atoms with E-state index in [1.807, 2.05) is 43.4 Å². The van der Waals surface area contributed by atoms with Gasteiger partial charge in [0.2, 0.25) is 0 Å². The first-order valence-corrected chi connectivity index (χ1v) is 29.9. The largest absolute Gasteiger partial charge is 0.393 e. The average Bonchev–Trinajstić information content (AvgIpc) is 3.66. The summed E-state index contributed by atoms with van der Waals surface area (Å²) in [6, 6.07) is 0. The van der Waals surface area contributed by atoms with Gasteiger partial charge in [0.05, 0.1) is 123 Å². The Kier molecular flexibility index (Phi) is 15.7. The van der Waals surface area contributed by atoms with Gasteiger partial charge in [0.1, 0.15) is 54.4 Å². The van der Waals surface area contributed by atoms with Crippen molar-refractivity contribution in [2.75, 3.05) is 13.2 Å². The van der Waals surface area contributed by atoms with E-state index in [9.17, 15) is 25.5 Å². The summed E-state index contributed by atoms with van der Waals surface area (Å²) >= 11 is 0. The molecule has 9 saturated heterocycles. The first kappa shape index (κ1) is 55.2. The lowest BCUT2D eigenvalue weighted by atomic mass is 9.76. The highest BCUT2D eigenvalue weighted by atomic mass is 16.7. The van der Waals surface area contributed by atoms with Gasteiger partial charge in [0.15, 0.2) is 5.79 Å². The zero-order valence-corrected chi connectivity index (χ0v) is 45.8. The summed E-state index contributed by atoms with van der Waals surface area (Å²) in [6.45, 7) is 11.0. The Bertz CT molecular complexity index is 2250. The topological polar surface area (TPSA) is 221 Å². The van der Waals surface area contributed by atoms with Crippen LogP contribution in [0.5, 0.6) is 0 Å². The summed E-state index contributed by atoms with van der Waals surface area (Å²) in [6.07, 6.45) is 13.4. The Morgan fingerprint density at radius 3 is 1.94 bits per heavy atom. The first-order valence-electron chi connectivity index (χ1n) is 29.9. The van der Waals surface area contributed by atoms with Gasteiger partial charge in [-0.2, -0.15) is 0 Å². The monoisotopic (exact) mass is 1090 g/mol. The number of fused-ring (bicyclic) bond motifs is 11. The highest BCUT2D eigenvalue weighted by molar-refractivity contribution is 5.18. The zero-order chi connectivity index (χ0) is 53.8. The van der Waals surface area contributed by atoms with Gasteiger partial charge in [-0.3, -0.25) is 0 Å². The number of hydrogen-bond acceptors (Lipinski definition) is 18. The maximum absolute atomic E-state index is 12.4.